The van der Waals surface area contributed by atoms with Gasteiger partial charge < -0.3 is 15.3 Å². The van der Waals surface area contributed by atoms with E-state index >= 15 is 0 Å². The van der Waals surface area contributed by atoms with Crippen LogP contribution >= 0.6 is 0 Å². The molecule has 0 saturated carbocycles. The molecule has 2 saturated heterocycles. The molecule has 0 aromatic carbocycles. The number of amides is 1. The Morgan fingerprint density at radius 1 is 1.40 bits per heavy atom. The predicted octanol–water partition coefficient (Wildman–Crippen LogP) is 0.112. The van der Waals surface area contributed by atoms with E-state index in [1.54, 1.807) is 0 Å². The van der Waals surface area contributed by atoms with Crippen LogP contribution in [0.5, 0.6) is 0 Å². The van der Waals surface area contributed by atoms with Crippen LogP contribution in [-0.2, 0) is 4.79 Å². The van der Waals surface area contributed by atoms with Crippen LogP contribution in [0.2, 0.25) is 0 Å². The van der Waals surface area contributed by atoms with Gasteiger partial charge in [0.15, 0.2) is 0 Å². The molecule has 2 fully saturated rings. The first-order chi connectivity index (χ1) is 7.31. The number of carbonyl (C=O) groups is 1. The summed E-state index contributed by atoms with van der Waals surface area (Å²) >= 11 is 0. The zero-order chi connectivity index (χ0) is 10.7. The van der Waals surface area contributed by atoms with E-state index in [-0.39, 0.29) is 18.6 Å². The number of rotatable bonds is 3. The van der Waals surface area contributed by atoms with Crippen molar-refractivity contribution in [3.63, 3.8) is 0 Å². The number of nitrogens with zero attached hydrogens (tertiary/aromatic N) is 1. The van der Waals surface area contributed by atoms with Gasteiger partial charge in [0.2, 0.25) is 5.91 Å². The minimum atomic E-state index is 0.0823. The van der Waals surface area contributed by atoms with Crippen LogP contribution in [-0.4, -0.2) is 47.7 Å². The number of hydrogen-bond donors (Lipinski definition) is 2. The summed E-state index contributed by atoms with van der Waals surface area (Å²) in [5.74, 6) is 0.214. The molecule has 0 radical (unpaired) electrons. The van der Waals surface area contributed by atoms with Crippen molar-refractivity contribution in [3.05, 3.63) is 0 Å². The Balaban J connectivity index is 1.83. The number of hydrogen-bond acceptors (Lipinski definition) is 3. The van der Waals surface area contributed by atoms with Crippen LogP contribution in [0, 0.1) is 0 Å². The fourth-order valence-electron chi connectivity index (χ4n) is 2.61. The maximum Gasteiger partial charge on any atom is 0.224 e. The van der Waals surface area contributed by atoms with Gasteiger partial charge >= 0.3 is 0 Å². The van der Waals surface area contributed by atoms with Crippen molar-refractivity contribution in [1.29, 1.82) is 0 Å². The molecule has 0 bridgehead atoms. The summed E-state index contributed by atoms with van der Waals surface area (Å²) in [6, 6.07) is 0.455. The van der Waals surface area contributed by atoms with Gasteiger partial charge in [-0.3, -0.25) is 4.79 Å². The van der Waals surface area contributed by atoms with E-state index in [1.165, 1.54) is 6.42 Å². The molecule has 4 heteroatoms. The third-order valence-electron chi connectivity index (χ3n) is 3.49. The van der Waals surface area contributed by atoms with Crippen LogP contribution in [0.25, 0.3) is 0 Å². The second-order valence-corrected chi connectivity index (χ2v) is 4.56. The Morgan fingerprint density at radius 3 is 2.93 bits per heavy atom. The van der Waals surface area contributed by atoms with E-state index in [9.17, 15) is 4.79 Å². The summed E-state index contributed by atoms with van der Waals surface area (Å²) < 4.78 is 0. The highest BCUT2D eigenvalue weighted by atomic mass is 16.3. The molecule has 2 aliphatic heterocycles. The molecule has 0 aromatic heterocycles. The Labute approximate surface area is 90.6 Å². The van der Waals surface area contributed by atoms with Crippen LogP contribution in [0.15, 0.2) is 0 Å². The van der Waals surface area contributed by atoms with E-state index in [0.717, 1.165) is 32.4 Å². The molecular weight excluding hydrogens is 192 g/mol. The smallest absolute Gasteiger partial charge is 0.224 e. The first-order valence-electron chi connectivity index (χ1n) is 5.95. The van der Waals surface area contributed by atoms with Gasteiger partial charge in [0.05, 0.1) is 12.6 Å². The van der Waals surface area contributed by atoms with E-state index < -0.39 is 0 Å². The SMILES string of the molecule is O=C(CC1CCCN1)N1CCC[C@@H]1CO. The molecule has 0 aliphatic carbocycles. The van der Waals surface area contributed by atoms with Crippen molar-refractivity contribution < 1.29 is 9.90 Å². The molecule has 1 unspecified atom stereocenters. The highest BCUT2D eigenvalue weighted by Crippen LogP contribution is 2.19. The molecule has 4 nitrogen and oxygen atoms in total. The van der Waals surface area contributed by atoms with Crippen LogP contribution < -0.4 is 5.32 Å². The molecule has 2 heterocycles. The Kier molecular flexibility index (Phi) is 3.59. The fraction of sp³-hybridized carbons (Fsp3) is 0.909. The van der Waals surface area contributed by atoms with E-state index in [1.807, 2.05) is 4.90 Å². The summed E-state index contributed by atoms with van der Waals surface area (Å²) in [4.78, 5) is 13.8. The monoisotopic (exact) mass is 212 g/mol. The minimum absolute atomic E-state index is 0.0823. The molecule has 1 amide bonds. The average Bonchev–Trinajstić information content (AvgIpc) is 2.86. The van der Waals surface area contributed by atoms with E-state index in [0.29, 0.717) is 12.5 Å². The van der Waals surface area contributed by atoms with Crippen LogP contribution in [0.3, 0.4) is 0 Å². The van der Waals surface area contributed by atoms with Crippen molar-refractivity contribution in [2.75, 3.05) is 19.7 Å². The number of aliphatic hydroxyl groups is 1. The van der Waals surface area contributed by atoms with Crippen LogP contribution in [0.4, 0.5) is 0 Å². The molecule has 0 aromatic rings. The zero-order valence-corrected chi connectivity index (χ0v) is 9.11. The number of carbonyl (C=O) groups excluding carboxylic acids is 1. The molecule has 2 N–H and O–H groups in total. The lowest BCUT2D eigenvalue weighted by Crippen LogP contribution is -2.40. The fourth-order valence-corrected chi connectivity index (χ4v) is 2.61. The van der Waals surface area contributed by atoms with Crippen molar-refractivity contribution >= 4 is 5.91 Å². The lowest BCUT2D eigenvalue weighted by Gasteiger charge is -2.24. The van der Waals surface area contributed by atoms with E-state index in [2.05, 4.69) is 5.32 Å². The quantitative estimate of drug-likeness (QED) is 0.698. The lowest BCUT2D eigenvalue weighted by atomic mass is 10.1. The average molecular weight is 212 g/mol. The Hall–Kier alpha value is -0.610. The van der Waals surface area contributed by atoms with Crippen LogP contribution in [0.1, 0.15) is 32.1 Å². The Morgan fingerprint density at radius 2 is 2.27 bits per heavy atom. The standard InChI is InChI=1S/C11H20N2O2/c14-8-10-4-2-6-13(10)11(15)7-9-3-1-5-12-9/h9-10,12,14H,1-8H2/t9?,10-/m1/s1. The third kappa shape index (κ3) is 2.49. The van der Waals surface area contributed by atoms with Gasteiger partial charge in [-0.05, 0) is 32.2 Å². The summed E-state index contributed by atoms with van der Waals surface area (Å²) in [5.41, 5.74) is 0. The highest BCUT2D eigenvalue weighted by Gasteiger charge is 2.29. The summed E-state index contributed by atoms with van der Waals surface area (Å²) in [7, 11) is 0. The largest absolute Gasteiger partial charge is 0.394 e. The molecular formula is C11H20N2O2. The lowest BCUT2D eigenvalue weighted by molar-refractivity contribution is -0.133. The normalized spacial score (nSPS) is 31.1. The second-order valence-electron chi connectivity index (χ2n) is 4.56. The molecule has 2 rings (SSSR count). The van der Waals surface area contributed by atoms with Gasteiger partial charge in [-0.2, -0.15) is 0 Å². The number of likely N-dealkylation sites (tertiary alicyclic amines) is 1. The first-order valence-corrected chi connectivity index (χ1v) is 5.95. The molecule has 2 aliphatic rings. The molecule has 2 atom stereocenters. The van der Waals surface area contributed by atoms with Gasteiger partial charge in [0.1, 0.15) is 0 Å². The second kappa shape index (κ2) is 4.94. The maximum absolute atomic E-state index is 11.9. The molecule has 86 valence electrons. The zero-order valence-electron chi connectivity index (χ0n) is 9.11. The Bertz CT molecular complexity index is 227. The summed E-state index contributed by atoms with van der Waals surface area (Å²) in [5, 5.41) is 12.5. The van der Waals surface area contributed by atoms with Gasteiger partial charge in [0.25, 0.3) is 0 Å². The van der Waals surface area contributed by atoms with Gasteiger partial charge in [-0.15, -0.1) is 0 Å². The third-order valence-corrected chi connectivity index (χ3v) is 3.49. The van der Waals surface area contributed by atoms with Crippen molar-refractivity contribution in [1.82, 2.24) is 10.2 Å². The van der Waals surface area contributed by atoms with Crippen molar-refractivity contribution in [2.45, 2.75) is 44.2 Å². The topological polar surface area (TPSA) is 52.6 Å². The highest BCUT2D eigenvalue weighted by molar-refractivity contribution is 5.77. The number of aliphatic hydroxyl groups excluding tert-OH is 1. The van der Waals surface area contributed by atoms with Gasteiger partial charge in [0, 0.05) is 19.0 Å². The van der Waals surface area contributed by atoms with Crippen molar-refractivity contribution in [2.24, 2.45) is 0 Å². The maximum atomic E-state index is 11.9. The molecule has 0 spiro atoms. The van der Waals surface area contributed by atoms with Gasteiger partial charge in [-0.1, -0.05) is 0 Å². The molecule has 15 heavy (non-hydrogen) atoms. The summed E-state index contributed by atoms with van der Waals surface area (Å²) in [6.07, 6.45) is 4.90. The van der Waals surface area contributed by atoms with Gasteiger partial charge in [-0.25, -0.2) is 0 Å². The number of nitrogens with one attached hydrogen (secondary N) is 1. The van der Waals surface area contributed by atoms with Crippen molar-refractivity contribution in [3.8, 4) is 0 Å². The summed E-state index contributed by atoms with van der Waals surface area (Å²) in [6.45, 7) is 1.99. The van der Waals surface area contributed by atoms with E-state index in [4.69, 9.17) is 5.11 Å². The minimum Gasteiger partial charge on any atom is -0.394 e. The first kappa shape index (κ1) is 10.9. The predicted molar refractivity (Wildman–Crippen MR) is 57.5 cm³/mol.